The van der Waals surface area contributed by atoms with Crippen LogP contribution in [0.5, 0.6) is 0 Å². The predicted octanol–water partition coefficient (Wildman–Crippen LogP) is 3.07. The van der Waals surface area contributed by atoms with Crippen LogP contribution < -0.4 is 5.32 Å². The number of alkyl halides is 3. The Bertz CT molecular complexity index is 298. The molecule has 0 saturated carbocycles. The van der Waals surface area contributed by atoms with Crippen LogP contribution in [0.1, 0.15) is 31.4 Å². The highest BCUT2D eigenvalue weighted by atomic mass is 19.4. The van der Waals surface area contributed by atoms with Crippen LogP contribution in [0.15, 0.2) is 24.5 Å². The zero-order chi connectivity index (χ0) is 12.0. The fraction of sp³-hybridized carbons (Fsp3) is 0.545. The summed E-state index contributed by atoms with van der Waals surface area (Å²) in [6.07, 6.45) is -1.31. The van der Waals surface area contributed by atoms with E-state index in [1.54, 1.807) is 12.4 Å². The summed E-state index contributed by atoms with van der Waals surface area (Å²) in [4.78, 5) is 3.95. The molecule has 0 aliphatic rings. The highest BCUT2D eigenvalue weighted by Crippen LogP contribution is 2.21. The Morgan fingerprint density at radius 3 is 2.75 bits per heavy atom. The molecule has 90 valence electrons. The number of hydrogen-bond donors (Lipinski definition) is 1. The molecule has 1 N–H and O–H groups in total. The predicted molar refractivity (Wildman–Crippen MR) is 55.9 cm³/mol. The van der Waals surface area contributed by atoms with Gasteiger partial charge in [0, 0.05) is 24.9 Å². The number of halogens is 3. The van der Waals surface area contributed by atoms with Crippen LogP contribution in [0.25, 0.3) is 0 Å². The van der Waals surface area contributed by atoms with E-state index in [0.717, 1.165) is 5.56 Å². The molecule has 1 unspecified atom stereocenters. The van der Waals surface area contributed by atoms with Crippen molar-refractivity contribution in [2.75, 3.05) is 6.54 Å². The number of nitrogens with zero attached hydrogens (tertiary/aromatic N) is 1. The summed E-state index contributed by atoms with van der Waals surface area (Å²) in [5.74, 6) is 0. The first kappa shape index (κ1) is 13.0. The van der Waals surface area contributed by atoms with Crippen molar-refractivity contribution in [3.05, 3.63) is 30.1 Å². The van der Waals surface area contributed by atoms with Gasteiger partial charge in [0.05, 0.1) is 0 Å². The fourth-order valence-corrected chi connectivity index (χ4v) is 1.36. The van der Waals surface area contributed by atoms with Gasteiger partial charge in [0.2, 0.25) is 0 Å². The first-order chi connectivity index (χ1) is 7.49. The highest BCUT2D eigenvalue weighted by Gasteiger charge is 2.25. The van der Waals surface area contributed by atoms with Gasteiger partial charge in [-0.25, -0.2) is 0 Å². The molecule has 1 atom stereocenters. The number of rotatable bonds is 5. The number of hydrogen-bond acceptors (Lipinski definition) is 2. The topological polar surface area (TPSA) is 24.9 Å². The second-order valence-electron chi connectivity index (χ2n) is 3.68. The quantitative estimate of drug-likeness (QED) is 0.789. The lowest BCUT2D eigenvalue weighted by molar-refractivity contribution is -0.135. The molecule has 16 heavy (non-hydrogen) atoms. The van der Waals surface area contributed by atoms with Crippen molar-refractivity contribution in [2.45, 2.75) is 32.0 Å². The standard InChI is InChI=1S/C11H15F3N2/c1-9(10-4-2-6-15-8-10)16-7-3-5-11(12,13)14/h2,4,6,8-9,16H,3,5,7H2,1H3. The maximum absolute atomic E-state index is 11.9. The van der Waals surface area contributed by atoms with E-state index in [0.29, 0.717) is 6.54 Å². The molecule has 0 aliphatic heterocycles. The summed E-state index contributed by atoms with van der Waals surface area (Å²) in [7, 11) is 0. The van der Waals surface area contributed by atoms with Gasteiger partial charge in [-0.15, -0.1) is 0 Å². The molecule has 5 heteroatoms. The third-order valence-electron chi connectivity index (χ3n) is 2.27. The zero-order valence-corrected chi connectivity index (χ0v) is 9.09. The molecule has 0 spiro atoms. The Morgan fingerprint density at radius 2 is 2.19 bits per heavy atom. The van der Waals surface area contributed by atoms with Crippen LogP contribution >= 0.6 is 0 Å². The second-order valence-corrected chi connectivity index (χ2v) is 3.68. The van der Waals surface area contributed by atoms with Gasteiger partial charge in [-0.2, -0.15) is 13.2 Å². The Morgan fingerprint density at radius 1 is 1.44 bits per heavy atom. The Labute approximate surface area is 92.9 Å². The smallest absolute Gasteiger partial charge is 0.310 e. The van der Waals surface area contributed by atoms with E-state index in [-0.39, 0.29) is 12.5 Å². The van der Waals surface area contributed by atoms with Crippen molar-refractivity contribution in [1.29, 1.82) is 0 Å². The monoisotopic (exact) mass is 232 g/mol. The molecule has 1 aromatic rings. The molecule has 0 aliphatic carbocycles. The van der Waals surface area contributed by atoms with Crippen molar-refractivity contribution < 1.29 is 13.2 Å². The minimum atomic E-state index is -4.06. The number of pyridine rings is 1. The van der Waals surface area contributed by atoms with Crippen molar-refractivity contribution >= 4 is 0 Å². The van der Waals surface area contributed by atoms with Crippen molar-refractivity contribution in [3.63, 3.8) is 0 Å². The van der Waals surface area contributed by atoms with Crippen molar-refractivity contribution in [3.8, 4) is 0 Å². The van der Waals surface area contributed by atoms with Crippen molar-refractivity contribution in [2.24, 2.45) is 0 Å². The van der Waals surface area contributed by atoms with Crippen molar-refractivity contribution in [1.82, 2.24) is 10.3 Å². The van der Waals surface area contributed by atoms with E-state index >= 15 is 0 Å². The molecule has 1 aromatic heterocycles. The lowest BCUT2D eigenvalue weighted by atomic mass is 10.1. The van der Waals surface area contributed by atoms with E-state index < -0.39 is 12.6 Å². The van der Waals surface area contributed by atoms with Crippen LogP contribution in [0.2, 0.25) is 0 Å². The average molecular weight is 232 g/mol. The minimum absolute atomic E-state index is 0.0296. The highest BCUT2D eigenvalue weighted by molar-refractivity contribution is 5.12. The number of nitrogens with one attached hydrogen (secondary N) is 1. The largest absolute Gasteiger partial charge is 0.389 e. The molecular formula is C11H15F3N2. The lowest BCUT2D eigenvalue weighted by Crippen LogP contribution is -2.21. The fourth-order valence-electron chi connectivity index (χ4n) is 1.36. The van der Waals surface area contributed by atoms with Gasteiger partial charge < -0.3 is 5.32 Å². The molecule has 0 aromatic carbocycles. The molecule has 0 radical (unpaired) electrons. The van der Waals surface area contributed by atoms with Gasteiger partial charge in [0.25, 0.3) is 0 Å². The van der Waals surface area contributed by atoms with Crippen LogP contribution in [0.3, 0.4) is 0 Å². The van der Waals surface area contributed by atoms with Gasteiger partial charge in [-0.05, 0) is 31.5 Å². The minimum Gasteiger partial charge on any atom is -0.310 e. The summed E-state index contributed by atoms with van der Waals surface area (Å²) in [6, 6.07) is 3.74. The van der Waals surface area contributed by atoms with E-state index in [4.69, 9.17) is 0 Å². The SMILES string of the molecule is CC(NCCCC(F)(F)F)c1cccnc1. The van der Waals surface area contributed by atoms with Gasteiger partial charge in [-0.1, -0.05) is 6.07 Å². The van der Waals surface area contributed by atoms with Gasteiger partial charge in [-0.3, -0.25) is 4.98 Å². The Kier molecular flexibility index (Phi) is 4.73. The van der Waals surface area contributed by atoms with E-state index in [9.17, 15) is 13.2 Å². The number of aromatic nitrogens is 1. The van der Waals surface area contributed by atoms with Crippen LogP contribution in [-0.4, -0.2) is 17.7 Å². The molecule has 0 saturated heterocycles. The lowest BCUT2D eigenvalue weighted by Gasteiger charge is -2.14. The summed E-state index contributed by atoms with van der Waals surface area (Å²) in [6.45, 7) is 2.26. The third kappa shape index (κ3) is 5.11. The summed E-state index contributed by atoms with van der Waals surface area (Å²) in [5, 5.41) is 3.03. The van der Waals surface area contributed by atoms with Crippen LogP contribution in [0.4, 0.5) is 13.2 Å². The maximum Gasteiger partial charge on any atom is 0.389 e. The Hall–Kier alpha value is -1.10. The van der Waals surface area contributed by atoms with E-state index in [1.807, 2.05) is 19.1 Å². The molecule has 0 fully saturated rings. The first-order valence-electron chi connectivity index (χ1n) is 5.19. The summed E-state index contributed by atoms with van der Waals surface area (Å²) < 4.78 is 35.6. The molecule has 2 nitrogen and oxygen atoms in total. The normalized spacial score (nSPS) is 13.8. The van der Waals surface area contributed by atoms with Crippen LogP contribution in [-0.2, 0) is 0 Å². The average Bonchev–Trinajstić information content (AvgIpc) is 2.24. The molecule has 1 heterocycles. The molecule has 0 bridgehead atoms. The van der Waals surface area contributed by atoms with Gasteiger partial charge in [0.15, 0.2) is 0 Å². The second kappa shape index (κ2) is 5.84. The van der Waals surface area contributed by atoms with E-state index in [2.05, 4.69) is 10.3 Å². The first-order valence-corrected chi connectivity index (χ1v) is 5.19. The Balaban J connectivity index is 2.24. The van der Waals surface area contributed by atoms with E-state index in [1.165, 1.54) is 0 Å². The van der Waals surface area contributed by atoms with Crippen LogP contribution in [0, 0.1) is 0 Å². The molecule has 1 rings (SSSR count). The van der Waals surface area contributed by atoms with Gasteiger partial charge >= 0.3 is 6.18 Å². The summed E-state index contributed by atoms with van der Waals surface area (Å²) in [5.41, 5.74) is 0.981. The molecule has 0 amide bonds. The third-order valence-corrected chi connectivity index (χ3v) is 2.27. The molecular weight excluding hydrogens is 217 g/mol. The maximum atomic E-state index is 11.9. The van der Waals surface area contributed by atoms with Gasteiger partial charge in [0.1, 0.15) is 0 Å². The zero-order valence-electron chi connectivity index (χ0n) is 9.09. The summed E-state index contributed by atoms with van der Waals surface area (Å²) >= 11 is 0.